The van der Waals surface area contributed by atoms with Crippen LogP contribution in [0.3, 0.4) is 0 Å². The van der Waals surface area contributed by atoms with Crippen molar-refractivity contribution < 1.29 is 27.6 Å². The number of aliphatic hydroxyl groups is 1. The second-order valence-corrected chi connectivity index (χ2v) is 9.77. The molecule has 2 aromatic rings. The number of amides is 1. The van der Waals surface area contributed by atoms with E-state index in [1.54, 1.807) is 30.9 Å². The van der Waals surface area contributed by atoms with Gasteiger partial charge in [-0.2, -0.15) is 0 Å². The molecule has 0 saturated heterocycles. The summed E-state index contributed by atoms with van der Waals surface area (Å²) in [6.45, 7) is 7.58. The molecular formula is C21H30N4O6S. The van der Waals surface area contributed by atoms with E-state index < -0.39 is 16.1 Å². The molecule has 0 aliphatic carbocycles. The number of fused-ring (bicyclic) bond motifs is 1. The standard InChI is InChI=1S/C21H30N4O6S/c1-12-10-25(13(2)11-26)21(27)17-8-16(6-7-18(17)30-19(12)9-22-5)24-32(28,29)20-14(3)23-31-15(20)4/h6-8,12-13,19,22,24,26H,9-11H2,1-5H3/t12-,13-,19+/m1/s1. The van der Waals surface area contributed by atoms with Crippen LogP contribution in [-0.2, 0) is 10.0 Å². The number of aromatic nitrogens is 1. The smallest absolute Gasteiger partial charge is 0.267 e. The van der Waals surface area contributed by atoms with Crippen molar-refractivity contribution in [2.24, 2.45) is 5.92 Å². The van der Waals surface area contributed by atoms with Crippen LogP contribution in [0.5, 0.6) is 5.75 Å². The molecule has 3 rings (SSSR count). The van der Waals surface area contributed by atoms with Crippen molar-refractivity contribution in [2.45, 2.75) is 44.7 Å². The second-order valence-electron chi connectivity index (χ2n) is 8.15. The lowest BCUT2D eigenvalue weighted by Gasteiger charge is -2.37. The van der Waals surface area contributed by atoms with Gasteiger partial charge in [-0.05, 0) is 46.0 Å². The van der Waals surface area contributed by atoms with Gasteiger partial charge in [0, 0.05) is 24.7 Å². The van der Waals surface area contributed by atoms with E-state index in [1.807, 2.05) is 14.0 Å². The van der Waals surface area contributed by atoms with E-state index in [1.165, 1.54) is 13.0 Å². The molecule has 32 heavy (non-hydrogen) atoms. The summed E-state index contributed by atoms with van der Waals surface area (Å²) in [5.74, 6) is 0.200. The van der Waals surface area contributed by atoms with E-state index >= 15 is 0 Å². The Labute approximate surface area is 188 Å². The van der Waals surface area contributed by atoms with E-state index in [4.69, 9.17) is 9.26 Å². The quantitative estimate of drug-likeness (QED) is 0.559. The fraction of sp³-hybridized carbons (Fsp3) is 0.524. The Morgan fingerprint density at radius 3 is 2.66 bits per heavy atom. The fourth-order valence-corrected chi connectivity index (χ4v) is 5.18. The van der Waals surface area contributed by atoms with Crippen molar-refractivity contribution in [3.05, 3.63) is 35.2 Å². The van der Waals surface area contributed by atoms with Gasteiger partial charge >= 0.3 is 0 Å². The third-order valence-electron chi connectivity index (χ3n) is 5.56. The summed E-state index contributed by atoms with van der Waals surface area (Å²) >= 11 is 0. The van der Waals surface area contributed by atoms with Gasteiger partial charge in [0.05, 0.1) is 18.2 Å². The van der Waals surface area contributed by atoms with Gasteiger partial charge in [0.15, 0.2) is 10.7 Å². The number of aliphatic hydroxyl groups excluding tert-OH is 1. The lowest BCUT2D eigenvalue weighted by molar-refractivity contribution is 0.0416. The molecule has 1 aromatic carbocycles. The highest BCUT2D eigenvalue weighted by atomic mass is 32.2. The minimum absolute atomic E-state index is 0.00581. The molecule has 1 aromatic heterocycles. The third kappa shape index (κ3) is 4.74. The number of carbonyl (C=O) groups is 1. The molecule has 3 N–H and O–H groups in total. The zero-order chi connectivity index (χ0) is 23.6. The Morgan fingerprint density at radius 2 is 2.06 bits per heavy atom. The number of sulfonamides is 1. The predicted octanol–water partition coefficient (Wildman–Crippen LogP) is 1.53. The van der Waals surface area contributed by atoms with Crippen molar-refractivity contribution in [2.75, 3.05) is 31.5 Å². The summed E-state index contributed by atoms with van der Waals surface area (Å²) < 4.78 is 39.4. The van der Waals surface area contributed by atoms with Crippen LogP contribution in [0.1, 0.15) is 35.7 Å². The highest BCUT2D eigenvalue weighted by molar-refractivity contribution is 7.92. The van der Waals surface area contributed by atoms with Crippen LogP contribution in [0, 0.1) is 19.8 Å². The Hall–Kier alpha value is -2.63. The van der Waals surface area contributed by atoms with Crippen LogP contribution in [0.25, 0.3) is 0 Å². The molecule has 1 amide bonds. The van der Waals surface area contributed by atoms with Crippen molar-refractivity contribution in [1.29, 1.82) is 0 Å². The first-order valence-electron chi connectivity index (χ1n) is 10.4. The average Bonchev–Trinajstić information content (AvgIpc) is 3.09. The van der Waals surface area contributed by atoms with Gasteiger partial charge in [0.2, 0.25) is 0 Å². The number of nitrogens with zero attached hydrogens (tertiary/aromatic N) is 2. The molecule has 10 nitrogen and oxygen atoms in total. The molecule has 11 heteroatoms. The van der Waals surface area contributed by atoms with Gasteiger partial charge in [-0.15, -0.1) is 0 Å². The molecular weight excluding hydrogens is 436 g/mol. The number of anilines is 1. The van der Waals surface area contributed by atoms with E-state index in [0.29, 0.717) is 18.8 Å². The molecule has 0 radical (unpaired) electrons. The first-order valence-corrected chi connectivity index (χ1v) is 11.9. The second kappa shape index (κ2) is 9.47. The molecule has 2 heterocycles. The number of carbonyl (C=O) groups excluding carboxylic acids is 1. The summed E-state index contributed by atoms with van der Waals surface area (Å²) in [7, 11) is -2.16. The summed E-state index contributed by atoms with van der Waals surface area (Å²) in [6, 6.07) is 4.18. The Morgan fingerprint density at radius 1 is 1.34 bits per heavy atom. The van der Waals surface area contributed by atoms with Crippen LogP contribution < -0.4 is 14.8 Å². The number of hydrogen-bond donors (Lipinski definition) is 3. The van der Waals surface area contributed by atoms with Gasteiger partial charge in [0.25, 0.3) is 15.9 Å². The number of rotatable bonds is 7. The average molecular weight is 467 g/mol. The molecule has 0 spiro atoms. The minimum Gasteiger partial charge on any atom is -0.488 e. The zero-order valence-corrected chi connectivity index (χ0v) is 19.7. The Balaban J connectivity index is 2.02. The van der Waals surface area contributed by atoms with Crippen molar-refractivity contribution in [1.82, 2.24) is 15.4 Å². The van der Waals surface area contributed by atoms with Crippen molar-refractivity contribution in [3.8, 4) is 5.75 Å². The van der Waals surface area contributed by atoms with Crippen LogP contribution in [0.2, 0.25) is 0 Å². The minimum atomic E-state index is -3.98. The van der Waals surface area contributed by atoms with Gasteiger partial charge in [0.1, 0.15) is 17.5 Å². The first-order chi connectivity index (χ1) is 15.1. The number of ether oxygens (including phenoxy) is 1. The highest BCUT2D eigenvalue weighted by Gasteiger charge is 2.33. The van der Waals surface area contributed by atoms with E-state index in [0.717, 1.165) is 0 Å². The lowest BCUT2D eigenvalue weighted by atomic mass is 9.99. The maximum atomic E-state index is 13.4. The number of likely N-dealkylation sites (N-methyl/N-ethyl adjacent to an activating group) is 1. The largest absolute Gasteiger partial charge is 0.488 e. The first kappa shape index (κ1) is 24.0. The SMILES string of the molecule is CNC[C@@H]1Oc2ccc(NS(=O)(=O)c3c(C)noc3C)cc2C(=O)N([C@H](C)CO)C[C@H]1C. The van der Waals surface area contributed by atoms with Crippen LogP contribution in [-0.4, -0.2) is 68.4 Å². The van der Waals surface area contributed by atoms with Gasteiger partial charge in [-0.25, -0.2) is 8.42 Å². The summed E-state index contributed by atoms with van der Waals surface area (Å²) in [5.41, 5.74) is 0.667. The maximum Gasteiger partial charge on any atom is 0.267 e. The topological polar surface area (TPSA) is 134 Å². The van der Waals surface area contributed by atoms with E-state index in [9.17, 15) is 18.3 Å². The maximum absolute atomic E-state index is 13.4. The number of benzene rings is 1. The van der Waals surface area contributed by atoms with Crippen LogP contribution in [0.15, 0.2) is 27.6 Å². The molecule has 0 fully saturated rings. The van der Waals surface area contributed by atoms with Gasteiger partial charge < -0.3 is 24.6 Å². The summed E-state index contributed by atoms with van der Waals surface area (Å²) in [4.78, 5) is 14.9. The molecule has 0 saturated carbocycles. The molecule has 176 valence electrons. The van der Waals surface area contributed by atoms with Crippen molar-refractivity contribution in [3.63, 3.8) is 0 Å². The van der Waals surface area contributed by atoms with E-state index in [2.05, 4.69) is 15.2 Å². The summed E-state index contributed by atoms with van der Waals surface area (Å²) in [5, 5.41) is 16.5. The van der Waals surface area contributed by atoms with Crippen molar-refractivity contribution >= 4 is 21.6 Å². The van der Waals surface area contributed by atoms with Gasteiger partial charge in [-0.1, -0.05) is 12.1 Å². The number of hydrogen-bond acceptors (Lipinski definition) is 8. The molecule has 1 aliphatic heterocycles. The number of aryl methyl sites for hydroxylation is 2. The molecule has 0 unspecified atom stereocenters. The monoisotopic (exact) mass is 466 g/mol. The van der Waals surface area contributed by atoms with E-state index in [-0.39, 0.29) is 52.1 Å². The number of nitrogens with one attached hydrogen (secondary N) is 2. The lowest BCUT2D eigenvalue weighted by Crippen LogP contribution is -2.49. The third-order valence-corrected chi connectivity index (χ3v) is 7.18. The fourth-order valence-electron chi connectivity index (χ4n) is 3.80. The Kier molecular flexibility index (Phi) is 7.11. The van der Waals surface area contributed by atoms with Crippen LogP contribution >= 0.6 is 0 Å². The zero-order valence-electron chi connectivity index (χ0n) is 18.9. The normalized spacial score (nSPS) is 20.2. The Bertz CT molecular complexity index is 1060. The van der Waals surface area contributed by atoms with Gasteiger partial charge in [-0.3, -0.25) is 9.52 Å². The highest BCUT2D eigenvalue weighted by Crippen LogP contribution is 2.31. The molecule has 1 aliphatic rings. The van der Waals surface area contributed by atoms with Crippen LogP contribution in [0.4, 0.5) is 5.69 Å². The molecule has 0 bridgehead atoms. The summed E-state index contributed by atoms with van der Waals surface area (Å²) in [6.07, 6.45) is -0.218. The predicted molar refractivity (Wildman–Crippen MR) is 118 cm³/mol. The molecule has 3 atom stereocenters.